The fourth-order valence-corrected chi connectivity index (χ4v) is 1.70. The van der Waals surface area contributed by atoms with Gasteiger partial charge >= 0.3 is 5.97 Å². The second kappa shape index (κ2) is 5.66. The molecule has 0 aliphatic carbocycles. The summed E-state index contributed by atoms with van der Waals surface area (Å²) >= 11 is 0. The van der Waals surface area contributed by atoms with Gasteiger partial charge in [-0.2, -0.15) is 0 Å². The van der Waals surface area contributed by atoms with Crippen LogP contribution >= 0.6 is 0 Å². The van der Waals surface area contributed by atoms with E-state index in [9.17, 15) is 4.79 Å². The predicted octanol–water partition coefficient (Wildman–Crippen LogP) is 1.83. The lowest BCUT2D eigenvalue weighted by Crippen LogP contribution is -2.24. The number of nitrogens with one attached hydrogen (secondary N) is 1. The summed E-state index contributed by atoms with van der Waals surface area (Å²) in [6.07, 6.45) is 0.875. The smallest absolute Gasteiger partial charge is 0.317 e. The summed E-state index contributed by atoms with van der Waals surface area (Å²) in [7, 11) is 0. The molecule has 0 atom stereocenters. The van der Waals surface area contributed by atoms with Gasteiger partial charge in [-0.15, -0.1) is 0 Å². The minimum atomic E-state index is -0.809. The Morgan fingerprint density at radius 1 is 1.25 bits per heavy atom. The zero-order chi connectivity index (χ0) is 12.1. The molecule has 3 heteroatoms. The Labute approximate surface area is 96.5 Å². The molecule has 2 N–H and O–H groups in total. The molecule has 0 radical (unpaired) electrons. The highest BCUT2D eigenvalue weighted by Crippen LogP contribution is 2.17. The first-order chi connectivity index (χ1) is 7.52. The topological polar surface area (TPSA) is 49.3 Å². The molecule has 0 heterocycles. The third-order valence-corrected chi connectivity index (χ3v) is 3.02. The van der Waals surface area contributed by atoms with Crippen molar-refractivity contribution in [3.63, 3.8) is 0 Å². The van der Waals surface area contributed by atoms with Crippen molar-refractivity contribution in [3.05, 3.63) is 34.4 Å². The average Bonchev–Trinajstić information content (AvgIpc) is 2.23. The minimum Gasteiger partial charge on any atom is -0.480 e. The van der Waals surface area contributed by atoms with Gasteiger partial charge in [0.15, 0.2) is 0 Å². The first-order valence-electron chi connectivity index (χ1n) is 5.50. The Kier molecular flexibility index (Phi) is 4.50. The fraction of sp³-hybridized carbons (Fsp3) is 0.462. The third-order valence-electron chi connectivity index (χ3n) is 3.02. The lowest BCUT2D eigenvalue weighted by atomic mass is 9.97. The first-order valence-corrected chi connectivity index (χ1v) is 5.50. The van der Waals surface area contributed by atoms with Crippen LogP contribution in [0.5, 0.6) is 0 Å². The monoisotopic (exact) mass is 221 g/mol. The molecule has 0 unspecified atom stereocenters. The fourth-order valence-electron chi connectivity index (χ4n) is 1.70. The van der Waals surface area contributed by atoms with Gasteiger partial charge in [0, 0.05) is 0 Å². The normalized spacial score (nSPS) is 10.4. The highest BCUT2D eigenvalue weighted by molar-refractivity contribution is 5.68. The van der Waals surface area contributed by atoms with Crippen molar-refractivity contribution in [2.45, 2.75) is 27.2 Å². The highest BCUT2D eigenvalue weighted by atomic mass is 16.4. The maximum absolute atomic E-state index is 10.3. The maximum Gasteiger partial charge on any atom is 0.317 e. The van der Waals surface area contributed by atoms with Crippen LogP contribution in [0.25, 0.3) is 0 Å². The van der Waals surface area contributed by atoms with E-state index in [1.165, 1.54) is 22.3 Å². The molecule has 88 valence electrons. The molecule has 3 nitrogen and oxygen atoms in total. The number of hydrogen-bond acceptors (Lipinski definition) is 2. The summed E-state index contributed by atoms with van der Waals surface area (Å²) in [5.74, 6) is -0.809. The molecular weight excluding hydrogens is 202 g/mol. The highest BCUT2D eigenvalue weighted by Gasteiger charge is 2.03. The summed E-state index contributed by atoms with van der Waals surface area (Å²) in [6.45, 7) is 7.09. The van der Waals surface area contributed by atoms with Gasteiger partial charge in [-0.1, -0.05) is 12.1 Å². The summed E-state index contributed by atoms with van der Waals surface area (Å²) in [5, 5.41) is 11.4. The SMILES string of the molecule is Cc1ccc(CCNCC(=O)O)c(C)c1C. The summed E-state index contributed by atoms with van der Waals surface area (Å²) in [5.41, 5.74) is 5.24. The standard InChI is InChI=1S/C13H19NO2/c1-9-4-5-12(11(3)10(9)2)6-7-14-8-13(15)16/h4-5,14H,6-8H2,1-3H3,(H,15,16). The van der Waals surface area contributed by atoms with E-state index in [1.54, 1.807) is 0 Å². The van der Waals surface area contributed by atoms with Crippen molar-refractivity contribution in [1.82, 2.24) is 5.32 Å². The Hall–Kier alpha value is -1.35. The molecular formula is C13H19NO2. The van der Waals surface area contributed by atoms with E-state index in [0.717, 1.165) is 6.42 Å². The lowest BCUT2D eigenvalue weighted by molar-refractivity contribution is -0.135. The number of hydrogen-bond donors (Lipinski definition) is 2. The zero-order valence-electron chi connectivity index (χ0n) is 10.1. The molecule has 16 heavy (non-hydrogen) atoms. The van der Waals surface area contributed by atoms with Crippen LogP contribution in [0.1, 0.15) is 22.3 Å². The van der Waals surface area contributed by atoms with Crippen molar-refractivity contribution >= 4 is 5.97 Å². The van der Waals surface area contributed by atoms with E-state index < -0.39 is 5.97 Å². The molecule has 0 saturated heterocycles. The van der Waals surface area contributed by atoms with Gasteiger partial charge in [-0.3, -0.25) is 4.79 Å². The molecule has 0 aliphatic rings. The quantitative estimate of drug-likeness (QED) is 0.746. The Bertz CT molecular complexity index is 386. The van der Waals surface area contributed by atoms with Crippen LogP contribution < -0.4 is 5.32 Å². The van der Waals surface area contributed by atoms with Gasteiger partial charge in [0.2, 0.25) is 0 Å². The van der Waals surface area contributed by atoms with E-state index in [0.29, 0.717) is 6.54 Å². The van der Waals surface area contributed by atoms with Gasteiger partial charge in [0.1, 0.15) is 0 Å². The minimum absolute atomic E-state index is 0.0316. The second-order valence-electron chi connectivity index (χ2n) is 4.11. The Balaban J connectivity index is 2.55. The number of carboxylic acids is 1. The largest absolute Gasteiger partial charge is 0.480 e. The maximum atomic E-state index is 10.3. The van der Waals surface area contributed by atoms with Crippen LogP contribution in [0.15, 0.2) is 12.1 Å². The number of aryl methyl sites for hydroxylation is 1. The molecule has 0 amide bonds. The predicted molar refractivity (Wildman–Crippen MR) is 64.9 cm³/mol. The molecule has 0 fully saturated rings. The van der Waals surface area contributed by atoms with Crippen LogP contribution in [-0.2, 0) is 11.2 Å². The number of carbonyl (C=O) groups is 1. The number of benzene rings is 1. The van der Waals surface area contributed by atoms with Crippen molar-refractivity contribution < 1.29 is 9.90 Å². The van der Waals surface area contributed by atoms with Crippen LogP contribution in [0.4, 0.5) is 0 Å². The number of carboxylic acid groups (broad SMARTS) is 1. The average molecular weight is 221 g/mol. The second-order valence-corrected chi connectivity index (χ2v) is 4.11. The Morgan fingerprint density at radius 3 is 2.56 bits per heavy atom. The van der Waals surface area contributed by atoms with Crippen molar-refractivity contribution in [3.8, 4) is 0 Å². The van der Waals surface area contributed by atoms with Crippen LogP contribution in [-0.4, -0.2) is 24.2 Å². The summed E-state index contributed by atoms with van der Waals surface area (Å²) in [6, 6.07) is 4.25. The van der Waals surface area contributed by atoms with Gasteiger partial charge in [-0.05, 0) is 56.0 Å². The molecule has 1 aromatic rings. The molecule has 0 saturated carbocycles. The van der Waals surface area contributed by atoms with E-state index in [1.807, 2.05) is 0 Å². The Morgan fingerprint density at radius 2 is 1.94 bits per heavy atom. The van der Waals surface area contributed by atoms with Crippen LogP contribution in [0.3, 0.4) is 0 Å². The molecule has 1 aromatic carbocycles. The molecule has 0 spiro atoms. The van der Waals surface area contributed by atoms with E-state index in [-0.39, 0.29) is 6.54 Å². The first kappa shape index (κ1) is 12.7. The third kappa shape index (κ3) is 3.35. The van der Waals surface area contributed by atoms with Crippen LogP contribution in [0, 0.1) is 20.8 Å². The summed E-state index contributed by atoms with van der Waals surface area (Å²) < 4.78 is 0. The van der Waals surface area contributed by atoms with Crippen molar-refractivity contribution in [2.24, 2.45) is 0 Å². The zero-order valence-corrected chi connectivity index (χ0v) is 10.1. The van der Waals surface area contributed by atoms with Gasteiger partial charge in [-0.25, -0.2) is 0 Å². The van der Waals surface area contributed by atoms with Gasteiger partial charge in [0.05, 0.1) is 6.54 Å². The molecule has 0 bridgehead atoms. The van der Waals surface area contributed by atoms with Gasteiger partial charge in [0.25, 0.3) is 0 Å². The van der Waals surface area contributed by atoms with Crippen molar-refractivity contribution in [2.75, 3.05) is 13.1 Å². The number of rotatable bonds is 5. The summed E-state index contributed by atoms with van der Waals surface area (Å²) in [4.78, 5) is 10.3. The molecule has 0 aromatic heterocycles. The number of aliphatic carboxylic acids is 1. The molecule has 0 aliphatic heterocycles. The van der Waals surface area contributed by atoms with Gasteiger partial charge < -0.3 is 10.4 Å². The lowest BCUT2D eigenvalue weighted by Gasteiger charge is -2.11. The van der Waals surface area contributed by atoms with E-state index in [4.69, 9.17) is 5.11 Å². The van der Waals surface area contributed by atoms with Crippen molar-refractivity contribution in [1.29, 1.82) is 0 Å². The van der Waals surface area contributed by atoms with E-state index >= 15 is 0 Å². The van der Waals surface area contributed by atoms with Crippen LogP contribution in [0.2, 0.25) is 0 Å². The van der Waals surface area contributed by atoms with E-state index in [2.05, 4.69) is 38.2 Å². The molecule has 1 rings (SSSR count).